The Morgan fingerprint density at radius 3 is 1.23 bits per heavy atom. The second kappa shape index (κ2) is 51.2. The third-order valence-corrected chi connectivity index (χ3v) is 11.3. The van der Waals surface area contributed by atoms with E-state index in [9.17, 15) is 9.59 Å². The number of ether oxygens (including phenoxy) is 3. The zero-order valence-corrected chi connectivity index (χ0v) is 40.2. The monoisotopic (exact) mass is 841 g/mol. The van der Waals surface area contributed by atoms with E-state index in [2.05, 4.69) is 69.4 Å². The molecule has 0 aromatic heterocycles. The minimum absolute atomic E-state index is 0.0760. The maximum atomic E-state index is 12.8. The van der Waals surface area contributed by atoms with Crippen LogP contribution in [-0.4, -0.2) is 37.9 Å². The van der Waals surface area contributed by atoms with Crippen molar-refractivity contribution in [3.05, 3.63) is 48.6 Å². The molecule has 0 aliphatic carbocycles. The minimum atomic E-state index is -0.544. The molecule has 0 radical (unpaired) electrons. The molecule has 1 unspecified atom stereocenters. The fourth-order valence-electron chi connectivity index (χ4n) is 7.46. The molecule has 0 aromatic carbocycles. The van der Waals surface area contributed by atoms with Crippen molar-refractivity contribution in [2.75, 3.05) is 19.8 Å². The maximum absolute atomic E-state index is 12.8. The Kier molecular flexibility index (Phi) is 49.4. The molecule has 5 nitrogen and oxygen atoms in total. The van der Waals surface area contributed by atoms with E-state index in [1.54, 1.807) is 0 Å². The summed E-state index contributed by atoms with van der Waals surface area (Å²) in [7, 11) is 0. The summed E-state index contributed by atoms with van der Waals surface area (Å²) < 4.78 is 17.4. The van der Waals surface area contributed by atoms with Gasteiger partial charge in [0.1, 0.15) is 6.61 Å². The van der Waals surface area contributed by atoms with E-state index in [1.807, 2.05) is 0 Å². The Labute approximate surface area is 373 Å². The Morgan fingerprint density at radius 1 is 0.383 bits per heavy atom. The Bertz CT molecular complexity index is 997. The van der Waals surface area contributed by atoms with E-state index in [-0.39, 0.29) is 25.2 Å². The normalized spacial score (nSPS) is 12.5. The largest absolute Gasteiger partial charge is 0.462 e. The third kappa shape index (κ3) is 48.5. The summed E-state index contributed by atoms with van der Waals surface area (Å²) in [5, 5.41) is 0. The van der Waals surface area contributed by atoms with Crippen LogP contribution in [0.4, 0.5) is 0 Å². The van der Waals surface area contributed by atoms with E-state index in [4.69, 9.17) is 14.2 Å². The molecule has 0 aromatic rings. The highest BCUT2D eigenvalue weighted by Gasteiger charge is 2.17. The second-order valence-corrected chi connectivity index (χ2v) is 17.4. The van der Waals surface area contributed by atoms with Crippen molar-refractivity contribution in [1.82, 2.24) is 0 Å². The number of esters is 2. The van der Waals surface area contributed by atoms with Crippen LogP contribution in [0.25, 0.3) is 0 Å². The van der Waals surface area contributed by atoms with Gasteiger partial charge in [-0.25, -0.2) is 0 Å². The van der Waals surface area contributed by atoms with Gasteiger partial charge in [-0.05, 0) is 77.0 Å². The highest BCUT2D eigenvalue weighted by atomic mass is 16.6. The van der Waals surface area contributed by atoms with Gasteiger partial charge >= 0.3 is 11.9 Å². The first-order chi connectivity index (χ1) is 29.6. The number of hydrogen-bond acceptors (Lipinski definition) is 5. The Morgan fingerprint density at radius 2 is 0.750 bits per heavy atom. The smallest absolute Gasteiger partial charge is 0.306 e. The van der Waals surface area contributed by atoms with Gasteiger partial charge in [-0.3, -0.25) is 9.59 Å². The zero-order valence-electron chi connectivity index (χ0n) is 40.2. The lowest BCUT2D eigenvalue weighted by molar-refractivity contribution is -0.163. The van der Waals surface area contributed by atoms with Gasteiger partial charge in [0.15, 0.2) is 6.10 Å². The molecule has 0 aliphatic heterocycles. The van der Waals surface area contributed by atoms with Gasteiger partial charge < -0.3 is 14.2 Å². The van der Waals surface area contributed by atoms with Gasteiger partial charge in [0.05, 0.1) is 6.61 Å². The molecule has 0 rings (SSSR count). The van der Waals surface area contributed by atoms with Crippen LogP contribution in [0.3, 0.4) is 0 Å². The van der Waals surface area contributed by atoms with Gasteiger partial charge in [0, 0.05) is 19.4 Å². The first-order valence-corrected chi connectivity index (χ1v) is 26.2. The molecule has 0 N–H and O–H groups in total. The summed E-state index contributed by atoms with van der Waals surface area (Å²) in [5.74, 6) is -0.416. The number of carbonyl (C=O) groups excluding carboxylic acids is 2. The molecule has 0 aliphatic rings. The van der Waals surface area contributed by atoms with Crippen molar-refractivity contribution in [2.24, 2.45) is 0 Å². The molecule has 350 valence electrons. The number of hydrogen-bond donors (Lipinski definition) is 0. The average molecular weight is 841 g/mol. The Hall–Kier alpha value is -2.14. The lowest BCUT2D eigenvalue weighted by Crippen LogP contribution is -2.30. The highest BCUT2D eigenvalue weighted by Crippen LogP contribution is 2.15. The van der Waals surface area contributed by atoms with Gasteiger partial charge in [0.25, 0.3) is 0 Å². The van der Waals surface area contributed by atoms with Gasteiger partial charge in [-0.15, -0.1) is 0 Å². The molecular weight excluding hydrogens is 741 g/mol. The van der Waals surface area contributed by atoms with Crippen molar-refractivity contribution >= 4 is 11.9 Å². The first kappa shape index (κ1) is 57.9. The van der Waals surface area contributed by atoms with Crippen molar-refractivity contribution in [3.63, 3.8) is 0 Å². The standard InChI is InChI=1S/C55H100O5/c1-4-7-10-13-16-19-22-25-27-29-32-35-38-41-44-47-50-58-51-53(60-55(57)49-46-43-40-37-34-30-24-21-18-15-12-9-6-3)52-59-54(56)48-45-42-39-36-33-31-28-26-23-20-17-14-11-8-5-2/h8,11,17,20-21,24,26,28,53H,4-7,9-10,12-16,18-19,22-23,25,27,29-52H2,1-3H3/b11-8-,20-17-,24-21-,28-26-. The molecule has 0 spiro atoms. The van der Waals surface area contributed by atoms with Crippen LogP contribution < -0.4 is 0 Å². The van der Waals surface area contributed by atoms with Crippen molar-refractivity contribution in [1.29, 1.82) is 0 Å². The quantitative estimate of drug-likeness (QED) is 0.0347. The average Bonchev–Trinajstić information content (AvgIpc) is 3.25. The molecule has 0 fully saturated rings. The van der Waals surface area contributed by atoms with Crippen molar-refractivity contribution < 1.29 is 23.8 Å². The lowest BCUT2D eigenvalue weighted by Gasteiger charge is -2.18. The van der Waals surface area contributed by atoms with Gasteiger partial charge in [-0.1, -0.05) is 223 Å². The molecule has 1 atom stereocenters. The minimum Gasteiger partial charge on any atom is -0.462 e. The maximum Gasteiger partial charge on any atom is 0.306 e. The molecule has 0 saturated heterocycles. The molecule has 60 heavy (non-hydrogen) atoms. The SMILES string of the molecule is CC/C=C\C/C=C\C/C=C\CCCCCCCC(=O)OCC(COCCCCCCCCCCCCCCCCCC)OC(=O)CCCCCCC/C=C\CCCCCC. The fraction of sp³-hybridized carbons (Fsp3) is 0.818. The molecule has 0 heterocycles. The summed E-state index contributed by atoms with van der Waals surface area (Å²) in [4.78, 5) is 25.4. The Balaban J connectivity index is 4.27. The van der Waals surface area contributed by atoms with Crippen molar-refractivity contribution in [3.8, 4) is 0 Å². The summed E-state index contributed by atoms with van der Waals surface area (Å²) in [5.41, 5.74) is 0. The number of rotatable bonds is 48. The van der Waals surface area contributed by atoms with Crippen LogP contribution in [0.2, 0.25) is 0 Å². The van der Waals surface area contributed by atoms with E-state index in [1.165, 1.54) is 154 Å². The highest BCUT2D eigenvalue weighted by molar-refractivity contribution is 5.70. The van der Waals surface area contributed by atoms with E-state index >= 15 is 0 Å². The number of carbonyl (C=O) groups is 2. The molecule has 0 bridgehead atoms. The first-order valence-electron chi connectivity index (χ1n) is 26.2. The fourth-order valence-corrected chi connectivity index (χ4v) is 7.46. The topological polar surface area (TPSA) is 61.8 Å². The summed E-state index contributed by atoms with van der Waals surface area (Å²) in [6, 6.07) is 0. The molecular formula is C55H100O5. The summed E-state index contributed by atoms with van der Waals surface area (Å²) >= 11 is 0. The predicted octanol–water partition coefficient (Wildman–Crippen LogP) is 17.6. The molecule has 0 saturated carbocycles. The lowest BCUT2D eigenvalue weighted by atomic mass is 10.0. The van der Waals surface area contributed by atoms with Crippen LogP contribution in [0.15, 0.2) is 48.6 Å². The second-order valence-electron chi connectivity index (χ2n) is 17.4. The van der Waals surface area contributed by atoms with E-state index in [0.29, 0.717) is 19.4 Å². The van der Waals surface area contributed by atoms with Crippen LogP contribution in [0.1, 0.15) is 265 Å². The zero-order chi connectivity index (χ0) is 43.5. The van der Waals surface area contributed by atoms with Crippen LogP contribution in [0, 0.1) is 0 Å². The number of allylic oxidation sites excluding steroid dienone is 8. The van der Waals surface area contributed by atoms with Crippen LogP contribution >= 0.6 is 0 Å². The van der Waals surface area contributed by atoms with Gasteiger partial charge in [-0.2, -0.15) is 0 Å². The van der Waals surface area contributed by atoms with E-state index < -0.39 is 6.10 Å². The third-order valence-electron chi connectivity index (χ3n) is 11.3. The van der Waals surface area contributed by atoms with Crippen molar-refractivity contribution in [2.45, 2.75) is 271 Å². The molecule has 5 heteroatoms. The number of unbranched alkanes of at least 4 members (excludes halogenated alkanes) is 29. The summed E-state index contributed by atoms with van der Waals surface area (Å²) in [6.45, 7) is 7.71. The van der Waals surface area contributed by atoms with Gasteiger partial charge in [0.2, 0.25) is 0 Å². The van der Waals surface area contributed by atoms with Crippen LogP contribution in [-0.2, 0) is 23.8 Å². The van der Waals surface area contributed by atoms with E-state index in [0.717, 1.165) is 77.0 Å². The molecule has 0 amide bonds. The van der Waals surface area contributed by atoms with Crippen LogP contribution in [0.5, 0.6) is 0 Å². The summed E-state index contributed by atoms with van der Waals surface area (Å²) in [6.07, 6.45) is 62.6. The predicted molar refractivity (Wildman–Crippen MR) is 261 cm³/mol.